The van der Waals surface area contributed by atoms with Crippen LogP contribution in [0.4, 0.5) is 8.78 Å². The summed E-state index contributed by atoms with van der Waals surface area (Å²) in [6, 6.07) is 0. The van der Waals surface area contributed by atoms with Gasteiger partial charge in [-0.05, 0) is 35.4 Å². The van der Waals surface area contributed by atoms with Crippen molar-refractivity contribution in [2.75, 3.05) is 0 Å². The summed E-state index contributed by atoms with van der Waals surface area (Å²) in [5, 5.41) is 8.09. The van der Waals surface area contributed by atoms with Crippen molar-refractivity contribution in [3.8, 4) is 0 Å². The molecule has 14 heavy (non-hydrogen) atoms. The quantitative estimate of drug-likeness (QED) is 0.737. The van der Waals surface area contributed by atoms with Crippen LogP contribution in [0.15, 0.2) is 0 Å². The molecule has 1 unspecified atom stereocenters. The SMILES string of the molecule is FC1(F)CCCCC1c1nnc(I)s1. The molecule has 0 saturated heterocycles. The number of nitrogens with zero attached hydrogens (tertiary/aromatic N) is 2. The summed E-state index contributed by atoms with van der Waals surface area (Å²) < 4.78 is 27.7. The molecule has 2 rings (SSSR count). The minimum absolute atomic E-state index is 0.00613. The maximum Gasteiger partial charge on any atom is 0.257 e. The highest BCUT2D eigenvalue weighted by Gasteiger charge is 2.44. The summed E-state index contributed by atoms with van der Waals surface area (Å²) in [5.41, 5.74) is 0. The zero-order valence-corrected chi connectivity index (χ0v) is 10.3. The van der Waals surface area contributed by atoms with Gasteiger partial charge in [-0.25, -0.2) is 8.78 Å². The Balaban J connectivity index is 2.23. The fourth-order valence-electron chi connectivity index (χ4n) is 1.76. The number of rotatable bonds is 1. The smallest absolute Gasteiger partial charge is 0.206 e. The van der Waals surface area contributed by atoms with E-state index >= 15 is 0 Å². The predicted molar refractivity (Wildman–Crippen MR) is 58.8 cm³/mol. The first-order valence-electron chi connectivity index (χ1n) is 4.46. The van der Waals surface area contributed by atoms with Crippen molar-refractivity contribution in [1.29, 1.82) is 0 Å². The van der Waals surface area contributed by atoms with Gasteiger partial charge in [0.2, 0.25) is 0 Å². The zero-order chi connectivity index (χ0) is 10.2. The summed E-state index contributed by atoms with van der Waals surface area (Å²) in [6.45, 7) is 0. The van der Waals surface area contributed by atoms with Gasteiger partial charge in [-0.15, -0.1) is 10.2 Å². The molecule has 1 heterocycles. The van der Waals surface area contributed by atoms with Gasteiger partial charge in [-0.3, -0.25) is 0 Å². The molecule has 1 atom stereocenters. The van der Waals surface area contributed by atoms with Crippen LogP contribution < -0.4 is 0 Å². The molecular formula is C8H9F2IN2S. The van der Waals surface area contributed by atoms with E-state index in [9.17, 15) is 8.78 Å². The summed E-state index contributed by atoms with van der Waals surface area (Å²) in [7, 11) is 0. The standard InChI is InChI=1S/C8H9F2IN2S/c9-8(10)4-2-1-3-5(8)6-12-13-7(11)14-6/h5H,1-4H2. The molecule has 0 bridgehead atoms. The van der Waals surface area contributed by atoms with Gasteiger partial charge in [0.05, 0.1) is 5.92 Å². The van der Waals surface area contributed by atoms with Crippen molar-refractivity contribution in [3.05, 3.63) is 8.02 Å². The van der Waals surface area contributed by atoms with Crippen LogP contribution in [0.5, 0.6) is 0 Å². The van der Waals surface area contributed by atoms with Gasteiger partial charge in [0.1, 0.15) is 5.01 Å². The van der Waals surface area contributed by atoms with Gasteiger partial charge in [0.25, 0.3) is 5.92 Å². The summed E-state index contributed by atoms with van der Waals surface area (Å²) in [5.74, 6) is -3.28. The van der Waals surface area contributed by atoms with Crippen LogP contribution >= 0.6 is 33.9 Å². The van der Waals surface area contributed by atoms with Gasteiger partial charge >= 0.3 is 0 Å². The van der Waals surface area contributed by atoms with Gasteiger partial charge in [-0.2, -0.15) is 0 Å². The predicted octanol–water partition coefficient (Wildman–Crippen LogP) is 3.44. The third-order valence-electron chi connectivity index (χ3n) is 2.48. The summed E-state index contributed by atoms with van der Waals surface area (Å²) in [4.78, 5) is 0. The Bertz CT molecular complexity index is 329. The Morgan fingerprint density at radius 3 is 2.71 bits per heavy atom. The zero-order valence-electron chi connectivity index (χ0n) is 7.34. The van der Waals surface area contributed by atoms with E-state index in [1.54, 1.807) is 0 Å². The molecule has 1 aliphatic carbocycles. The number of alkyl halides is 2. The van der Waals surface area contributed by atoms with Crippen LogP contribution in [0.1, 0.15) is 36.6 Å². The first-order chi connectivity index (χ1) is 6.59. The number of hydrogen-bond acceptors (Lipinski definition) is 3. The number of aromatic nitrogens is 2. The van der Waals surface area contributed by atoms with Gasteiger partial charge in [0.15, 0.2) is 3.01 Å². The van der Waals surface area contributed by atoms with Crippen molar-refractivity contribution in [2.24, 2.45) is 0 Å². The van der Waals surface area contributed by atoms with Crippen molar-refractivity contribution in [3.63, 3.8) is 0 Å². The normalized spacial score (nSPS) is 26.4. The lowest BCUT2D eigenvalue weighted by Gasteiger charge is -2.29. The third-order valence-corrected chi connectivity index (χ3v) is 4.18. The Morgan fingerprint density at radius 1 is 1.36 bits per heavy atom. The minimum atomic E-state index is -2.58. The van der Waals surface area contributed by atoms with E-state index in [4.69, 9.17) is 0 Å². The minimum Gasteiger partial charge on any atom is -0.206 e. The fraction of sp³-hybridized carbons (Fsp3) is 0.750. The Labute approximate surface area is 98.3 Å². The van der Waals surface area contributed by atoms with E-state index in [0.717, 1.165) is 9.44 Å². The van der Waals surface area contributed by atoms with Crippen LogP contribution in [0.2, 0.25) is 0 Å². The van der Waals surface area contributed by atoms with Crippen molar-refractivity contribution in [2.45, 2.75) is 37.5 Å². The van der Waals surface area contributed by atoms with Crippen LogP contribution in [0.3, 0.4) is 0 Å². The maximum atomic E-state index is 13.5. The molecule has 0 aliphatic heterocycles. The first kappa shape index (κ1) is 10.7. The number of hydrogen-bond donors (Lipinski definition) is 0. The monoisotopic (exact) mass is 330 g/mol. The van der Waals surface area contributed by atoms with Gasteiger partial charge in [0, 0.05) is 6.42 Å². The van der Waals surface area contributed by atoms with Gasteiger partial charge < -0.3 is 0 Å². The van der Waals surface area contributed by atoms with E-state index in [1.165, 1.54) is 11.3 Å². The molecule has 1 aromatic rings. The average Bonchev–Trinajstić information content (AvgIpc) is 2.51. The molecule has 0 spiro atoms. The van der Waals surface area contributed by atoms with E-state index in [2.05, 4.69) is 10.2 Å². The Morgan fingerprint density at radius 2 is 2.14 bits per heavy atom. The van der Waals surface area contributed by atoms with E-state index in [0.29, 0.717) is 17.8 Å². The highest BCUT2D eigenvalue weighted by atomic mass is 127. The highest BCUT2D eigenvalue weighted by Crippen LogP contribution is 2.45. The third kappa shape index (κ3) is 2.05. The van der Waals surface area contributed by atoms with Crippen molar-refractivity contribution >= 4 is 33.9 Å². The lowest BCUT2D eigenvalue weighted by atomic mass is 9.86. The van der Waals surface area contributed by atoms with Crippen molar-refractivity contribution in [1.82, 2.24) is 10.2 Å². The van der Waals surface area contributed by atoms with Gasteiger partial charge in [-0.1, -0.05) is 17.8 Å². The molecule has 6 heteroatoms. The van der Waals surface area contributed by atoms with Crippen molar-refractivity contribution < 1.29 is 8.78 Å². The largest absolute Gasteiger partial charge is 0.257 e. The molecule has 1 aliphatic rings. The molecule has 1 saturated carbocycles. The van der Waals surface area contributed by atoms with E-state index in [-0.39, 0.29) is 6.42 Å². The fourth-order valence-corrected chi connectivity index (χ4v) is 3.31. The maximum absolute atomic E-state index is 13.5. The summed E-state index contributed by atoms with van der Waals surface area (Å²) in [6.07, 6.45) is 2.03. The molecule has 0 radical (unpaired) electrons. The lowest BCUT2D eigenvalue weighted by Crippen LogP contribution is -2.29. The second-order valence-corrected chi connectivity index (χ2v) is 6.22. The molecule has 78 valence electrons. The van der Waals surface area contributed by atoms with E-state index < -0.39 is 11.8 Å². The molecule has 0 aromatic carbocycles. The summed E-state index contributed by atoms with van der Waals surface area (Å²) >= 11 is 3.29. The lowest BCUT2D eigenvalue weighted by molar-refractivity contribution is -0.0549. The van der Waals surface area contributed by atoms with Crippen LogP contribution in [0, 0.1) is 3.01 Å². The van der Waals surface area contributed by atoms with Crippen LogP contribution in [-0.2, 0) is 0 Å². The Kier molecular flexibility index (Phi) is 3.01. The molecule has 2 nitrogen and oxygen atoms in total. The average molecular weight is 330 g/mol. The first-order valence-corrected chi connectivity index (χ1v) is 6.36. The molecule has 0 amide bonds. The molecule has 0 N–H and O–H groups in total. The highest BCUT2D eigenvalue weighted by molar-refractivity contribution is 14.1. The second-order valence-electron chi connectivity index (χ2n) is 3.45. The van der Waals surface area contributed by atoms with E-state index in [1.807, 2.05) is 22.6 Å². The Hall–Kier alpha value is 0.150. The van der Waals surface area contributed by atoms with Crippen LogP contribution in [-0.4, -0.2) is 16.1 Å². The van der Waals surface area contributed by atoms with Crippen LogP contribution in [0.25, 0.3) is 0 Å². The second kappa shape index (κ2) is 3.96. The molecular weight excluding hydrogens is 321 g/mol. The number of halogens is 3. The molecule has 1 aromatic heterocycles. The molecule has 1 fully saturated rings. The topological polar surface area (TPSA) is 25.8 Å².